The minimum absolute atomic E-state index is 0.331. The van der Waals surface area contributed by atoms with Crippen molar-refractivity contribution >= 4 is 11.0 Å². The van der Waals surface area contributed by atoms with Crippen LogP contribution >= 0.6 is 0 Å². The summed E-state index contributed by atoms with van der Waals surface area (Å²) in [5, 5.41) is 3.51. The first-order valence-electron chi connectivity index (χ1n) is 6.68. The van der Waals surface area contributed by atoms with Crippen LogP contribution in [-0.2, 0) is 0 Å². The highest BCUT2D eigenvalue weighted by Crippen LogP contribution is 2.21. The Morgan fingerprint density at radius 1 is 1.21 bits per heavy atom. The van der Waals surface area contributed by atoms with Gasteiger partial charge in [-0.2, -0.15) is 0 Å². The monoisotopic (exact) mass is 253 g/mol. The van der Waals surface area contributed by atoms with Gasteiger partial charge in [0.25, 0.3) is 0 Å². The average molecular weight is 253 g/mol. The van der Waals surface area contributed by atoms with Crippen LogP contribution in [0.15, 0.2) is 30.6 Å². The second-order valence-electron chi connectivity index (χ2n) is 4.38. The Labute approximate surface area is 114 Å². The molecule has 98 valence electrons. The van der Waals surface area contributed by atoms with Gasteiger partial charge < -0.3 is 5.32 Å². The number of hydrogen-bond donors (Lipinski definition) is 1. The van der Waals surface area contributed by atoms with Crippen molar-refractivity contribution in [1.29, 1.82) is 0 Å². The van der Waals surface area contributed by atoms with E-state index in [2.05, 4.69) is 46.2 Å². The molecule has 1 aromatic heterocycles. The standard InChI is InChI=1S/C16H19N3/c1-3-5-6-7-14(17-4-2)13-8-9-15-16(12-13)19-11-10-18-15/h8-12,14,17H,4,6-7H2,1-2H3. The van der Waals surface area contributed by atoms with E-state index in [0.717, 1.165) is 30.4 Å². The van der Waals surface area contributed by atoms with E-state index in [-0.39, 0.29) is 0 Å². The summed E-state index contributed by atoms with van der Waals surface area (Å²) < 4.78 is 0. The quantitative estimate of drug-likeness (QED) is 0.832. The number of rotatable bonds is 5. The van der Waals surface area contributed by atoms with Gasteiger partial charge in [0.1, 0.15) is 0 Å². The van der Waals surface area contributed by atoms with E-state index in [1.54, 1.807) is 12.4 Å². The Kier molecular flexibility index (Phi) is 4.88. The molecule has 0 aliphatic rings. The third-order valence-corrected chi connectivity index (χ3v) is 3.08. The number of nitrogens with one attached hydrogen (secondary N) is 1. The highest BCUT2D eigenvalue weighted by molar-refractivity contribution is 5.74. The van der Waals surface area contributed by atoms with Gasteiger partial charge in [0.2, 0.25) is 0 Å². The molecule has 0 amide bonds. The van der Waals surface area contributed by atoms with Crippen molar-refractivity contribution < 1.29 is 0 Å². The average Bonchev–Trinajstić information content (AvgIpc) is 2.46. The number of aromatic nitrogens is 2. The molecule has 3 nitrogen and oxygen atoms in total. The second-order valence-corrected chi connectivity index (χ2v) is 4.38. The van der Waals surface area contributed by atoms with Gasteiger partial charge in [0, 0.05) is 24.9 Å². The van der Waals surface area contributed by atoms with Gasteiger partial charge in [-0.15, -0.1) is 11.8 Å². The van der Waals surface area contributed by atoms with Crippen molar-refractivity contribution in [1.82, 2.24) is 15.3 Å². The molecule has 0 spiro atoms. The minimum atomic E-state index is 0.331. The van der Waals surface area contributed by atoms with E-state index in [9.17, 15) is 0 Å². The molecule has 0 radical (unpaired) electrons. The molecule has 0 bridgehead atoms. The van der Waals surface area contributed by atoms with Crippen LogP contribution in [0.3, 0.4) is 0 Å². The number of benzene rings is 1. The van der Waals surface area contributed by atoms with Crippen molar-refractivity contribution in [2.75, 3.05) is 6.54 Å². The summed E-state index contributed by atoms with van der Waals surface area (Å²) in [7, 11) is 0. The maximum atomic E-state index is 4.36. The first-order valence-corrected chi connectivity index (χ1v) is 6.68. The number of fused-ring (bicyclic) bond motifs is 1. The van der Waals surface area contributed by atoms with Gasteiger partial charge in [0.15, 0.2) is 0 Å². The smallest absolute Gasteiger partial charge is 0.0890 e. The molecule has 2 aromatic rings. The Morgan fingerprint density at radius 3 is 2.74 bits per heavy atom. The molecule has 19 heavy (non-hydrogen) atoms. The van der Waals surface area contributed by atoms with Crippen LogP contribution in [0.1, 0.15) is 38.3 Å². The lowest BCUT2D eigenvalue weighted by Crippen LogP contribution is -2.20. The first-order chi connectivity index (χ1) is 9.35. The summed E-state index contributed by atoms with van der Waals surface area (Å²) in [4.78, 5) is 8.66. The van der Waals surface area contributed by atoms with Gasteiger partial charge in [-0.1, -0.05) is 13.0 Å². The van der Waals surface area contributed by atoms with Gasteiger partial charge in [-0.3, -0.25) is 9.97 Å². The van der Waals surface area contributed by atoms with E-state index in [0.29, 0.717) is 6.04 Å². The molecule has 0 aliphatic heterocycles. The van der Waals surface area contributed by atoms with Crippen LogP contribution in [0.2, 0.25) is 0 Å². The summed E-state index contributed by atoms with van der Waals surface area (Å²) >= 11 is 0. The lowest BCUT2D eigenvalue weighted by molar-refractivity contribution is 0.523. The highest BCUT2D eigenvalue weighted by Gasteiger charge is 2.10. The van der Waals surface area contributed by atoms with Crippen LogP contribution in [0.25, 0.3) is 11.0 Å². The zero-order chi connectivity index (χ0) is 13.5. The summed E-state index contributed by atoms with van der Waals surface area (Å²) in [6.45, 7) is 4.95. The van der Waals surface area contributed by atoms with Crippen molar-refractivity contribution in [3.8, 4) is 11.8 Å². The first kappa shape index (κ1) is 13.5. The molecule has 1 aromatic carbocycles. The third-order valence-electron chi connectivity index (χ3n) is 3.08. The number of hydrogen-bond acceptors (Lipinski definition) is 3. The lowest BCUT2D eigenvalue weighted by atomic mass is 10.0. The topological polar surface area (TPSA) is 37.8 Å². The Hall–Kier alpha value is -1.92. The molecular formula is C16H19N3. The van der Waals surface area contributed by atoms with E-state index >= 15 is 0 Å². The van der Waals surface area contributed by atoms with Gasteiger partial charge in [-0.05, 0) is 37.6 Å². The van der Waals surface area contributed by atoms with E-state index in [4.69, 9.17) is 0 Å². The van der Waals surface area contributed by atoms with Crippen LogP contribution in [0.4, 0.5) is 0 Å². The van der Waals surface area contributed by atoms with Crippen molar-refractivity contribution in [2.24, 2.45) is 0 Å². The fourth-order valence-electron chi connectivity index (χ4n) is 2.17. The third kappa shape index (κ3) is 3.52. The van der Waals surface area contributed by atoms with Gasteiger partial charge in [0.05, 0.1) is 11.0 Å². The fourth-order valence-corrected chi connectivity index (χ4v) is 2.17. The molecule has 0 fully saturated rings. The normalized spacial score (nSPS) is 11.9. The van der Waals surface area contributed by atoms with E-state index < -0.39 is 0 Å². The summed E-state index contributed by atoms with van der Waals surface area (Å²) in [5.41, 5.74) is 3.15. The molecule has 1 heterocycles. The summed E-state index contributed by atoms with van der Waals surface area (Å²) in [6.07, 6.45) is 5.38. The van der Waals surface area contributed by atoms with Gasteiger partial charge in [-0.25, -0.2) is 0 Å². The molecule has 1 unspecified atom stereocenters. The molecule has 1 atom stereocenters. The Bertz CT molecular complexity index is 595. The Balaban J connectivity index is 2.23. The maximum absolute atomic E-state index is 4.36. The van der Waals surface area contributed by atoms with Gasteiger partial charge >= 0.3 is 0 Å². The van der Waals surface area contributed by atoms with Crippen molar-refractivity contribution in [2.45, 2.75) is 32.7 Å². The lowest BCUT2D eigenvalue weighted by Gasteiger charge is -2.17. The molecule has 0 saturated carbocycles. The van der Waals surface area contributed by atoms with Crippen molar-refractivity contribution in [3.63, 3.8) is 0 Å². The molecule has 0 saturated heterocycles. The predicted octanol–water partition coefficient (Wildman–Crippen LogP) is 3.08. The van der Waals surface area contributed by atoms with E-state index in [1.165, 1.54) is 5.56 Å². The van der Waals surface area contributed by atoms with Crippen LogP contribution in [0, 0.1) is 11.8 Å². The van der Waals surface area contributed by atoms with Crippen LogP contribution < -0.4 is 5.32 Å². The molecule has 0 aliphatic carbocycles. The number of nitrogens with zero attached hydrogens (tertiary/aromatic N) is 2. The zero-order valence-electron chi connectivity index (χ0n) is 11.5. The second kappa shape index (κ2) is 6.86. The summed E-state index contributed by atoms with van der Waals surface area (Å²) in [5.74, 6) is 6.07. The molecule has 3 heteroatoms. The summed E-state index contributed by atoms with van der Waals surface area (Å²) in [6, 6.07) is 6.61. The Morgan fingerprint density at radius 2 is 2.00 bits per heavy atom. The fraction of sp³-hybridized carbons (Fsp3) is 0.375. The van der Waals surface area contributed by atoms with Crippen LogP contribution in [-0.4, -0.2) is 16.5 Å². The van der Waals surface area contributed by atoms with E-state index in [1.807, 2.05) is 13.0 Å². The highest BCUT2D eigenvalue weighted by atomic mass is 14.9. The van der Waals surface area contributed by atoms with Crippen LogP contribution in [0.5, 0.6) is 0 Å². The zero-order valence-corrected chi connectivity index (χ0v) is 11.5. The maximum Gasteiger partial charge on any atom is 0.0890 e. The predicted molar refractivity (Wildman–Crippen MR) is 78.6 cm³/mol. The SMILES string of the molecule is CC#CCCC(NCC)c1ccc2nccnc2c1. The van der Waals surface area contributed by atoms with Crippen molar-refractivity contribution in [3.05, 3.63) is 36.2 Å². The molecule has 1 N–H and O–H groups in total. The molecular weight excluding hydrogens is 234 g/mol. The largest absolute Gasteiger partial charge is 0.310 e. The minimum Gasteiger partial charge on any atom is -0.310 e. The molecule has 2 rings (SSSR count).